The van der Waals surface area contributed by atoms with Crippen LogP contribution in [0.5, 0.6) is 0 Å². The second-order valence-electron chi connectivity index (χ2n) is 12.7. The van der Waals surface area contributed by atoms with Crippen molar-refractivity contribution in [1.29, 1.82) is 0 Å². The van der Waals surface area contributed by atoms with E-state index in [1.165, 1.54) is 44.3 Å². The molecule has 8 rings (SSSR count). The Morgan fingerprint density at radius 3 is 2.05 bits per heavy atom. The number of benzene rings is 3. The number of fused-ring (bicyclic) bond motifs is 1. The molecule has 5 heteroatoms. The predicted octanol–water partition coefficient (Wildman–Crippen LogP) is 3.99. The van der Waals surface area contributed by atoms with Crippen LogP contribution in [0.1, 0.15) is 55.6 Å². The Bertz CT molecular complexity index is 1690. The monoisotopic (exact) mass is 672 g/mol. The minimum atomic E-state index is -1.17. The summed E-state index contributed by atoms with van der Waals surface area (Å²) in [6, 6.07) is 33.1. The van der Waals surface area contributed by atoms with Crippen molar-refractivity contribution in [1.82, 2.24) is 4.57 Å². The van der Waals surface area contributed by atoms with E-state index >= 15 is 0 Å². The molecule has 209 valence electrons. The van der Waals surface area contributed by atoms with Gasteiger partial charge >= 0.3 is 26.2 Å². The molecule has 4 aromatic carbocycles. The van der Waals surface area contributed by atoms with Crippen molar-refractivity contribution in [2.45, 2.75) is 58.7 Å². The number of halogens is 2. The first-order chi connectivity index (χ1) is 18.1. The van der Waals surface area contributed by atoms with Gasteiger partial charge in [-0.3, -0.25) is 0 Å². The van der Waals surface area contributed by atoms with E-state index in [0.29, 0.717) is 0 Å². The topological polar surface area (TPSA) is 4.93 Å². The summed E-state index contributed by atoms with van der Waals surface area (Å²) in [7, 11) is -1.17. The van der Waals surface area contributed by atoms with Gasteiger partial charge in [0, 0.05) is 23.1 Å². The van der Waals surface area contributed by atoms with Gasteiger partial charge in [0.1, 0.15) is 0 Å². The molecule has 0 saturated heterocycles. The van der Waals surface area contributed by atoms with E-state index in [-0.39, 0.29) is 56.4 Å². The van der Waals surface area contributed by atoms with Gasteiger partial charge in [0.25, 0.3) is 0 Å². The number of aryl methyl sites for hydroxylation is 1. The zero-order chi connectivity index (χ0) is 26.8. The van der Waals surface area contributed by atoms with Crippen LogP contribution >= 0.6 is 0 Å². The third-order valence-corrected chi connectivity index (χ3v) is 12.8. The van der Waals surface area contributed by atoms with E-state index in [4.69, 9.17) is 0 Å². The molecular formula is C36H38Cl2NSiZr. The maximum atomic E-state index is 2.51. The average molecular weight is 675 g/mol. The van der Waals surface area contributed by atoms with E-state index in [2.05, 4.69) is 149 Å². The zero-order valence-electron chi connectivity index (χ0n) is 25.0. The summed E-state index contributed by atoms with van der Waals surface area (Å²) in [5.41, 5.74) is 12.3. The van der Waals surface area contributed by atoms with Crippen LogP contribution in [0.25, 0.3) is 32.8 Å². The van der Waals surface area contributed by atoms with E-state index in [1.807, 2.05) is 0 Å². The third kappa shape index (κ3) is 5.68. The molecule has 0 saturated carbocycles. The van der Waals surface area contributed by atoms with Crippen LogP contribution in [-0.2, 0) is 31.6 Å². The summed E-state index contributed by atoms with van der Waals surface area (Å²) in [6.07, 6.45) is 2.24. The van der Waals surface area contributed by atoms with E-state index in [0.717, 1.165) is 5.54 Å². The fourth-order valence-corrected chi connectivity index (χ4v) is 11.2. The number of rotatable bonds is 2. The quantitative estimate of drug-likeness (QED) is 0.197. The molecule has 3 aliphatic rings. The average Bonchev–Trinajstić information content (AvgIpc) is 3.60. The smallest absolute Gasteiger partial charge is 1.00 e. The standard InChI is InChI=1S/C20H21.C16H17NSi.2ClH.Zr/c1-14-12-16-6-5-7-18(19(16)13-14)15-8-10-17(11-9-15)20(2,3)4;1-11-15-13-9-10-17(12-7-5-4-6-8-12)14(13)16(11)18(15,2)3;;;/h5-13H,1-4H3;4-10,16H,1-3H3;2*1H;/q-1;;;;+3/p-2. The van der Waals surface area contributed by atoms with Gasteiger partial charge in [-0.15, -0.1) is 34.5 Å². The van der Waals surface area contributed by atoms with Gasteiger partial charge in [-0.2, -0.15) is 6.07 Å². The first-order valence-corrected chi connectivity index (χ1v) is 16.9. The van der Waals surface area contributed by atoms with Crippen LogP contribution in [0.4, 0.5) is 0 Å². The van der Waals surface area contributed by atoms with Crippen molar-refractivity contribution in [3.63, 3.8) is 0 Å². The molecular weight excluding hydrogens is 637 g/mol. The third-order valence-electron chi connectivity index (χ3n) is 8.65. The molecule has 0 fully saturated rings. The van der Waals surface area contributed by atoms with Crippen molar-refractivity contribution in [2.24, 2.45) is 0 Å². The maximum absolute atomic E-state index is 2.51. The second-order valence-corrected chi connectivity index (χ2v) is 17.2. The van der Waals surface area contributed by atoms with E-state index in [9.17, 15) is 0 Å². The summed E-state index contributed by atoms with van der Waals surface area (Å²) in [4.78, 5) is 0. The summed E-state index contributed by atoms with van der Waals surface area (Å²) in [6.45, 7) is 16.3. The minimum Gasteiger partial charge on any atom is -1.00 e. The van der Waals surface area contributed by atoms with Gasteiger partial charge in [-0.1, -0.05) is 106 Å². The summed E-state index contributed by atoms with van der Waals surface area (Å²) >= 11 is 0. The minimum absolute atomic E-state index is 0. The second kappa shape index (κ2) is 12.3. The molecule has 0 amide bonds. The Hall–Kier alpha value is -2.03. The number of nitrogens with zero attached hydrogens (tertiary/aromatic N) is 1. The van der Waals surface area contributed by atoms with Crippen LogP contribution in [0.2, 0.25) is 13.1 Å². The SMILES string of the molecule is CC1=C2c3ccn(-c4ccccc4)c3C1[Si]2(C)C.Cc1cc2c(-c3ccc(C(C)(C)C)cc3)cccc2[cH-]1.[Cl-].[Cl-].[Zr+3]. The largest absolute Gasteiger partial charge is 3.00 e. The first-order valence-electron chi connectivity index (χ1n) is 13.8. The van der Waals surface area contributed by atoms with Crippen LogP contribution in [0.15, 0.2) is 103 Å². The van der Waals surface area contributed by atoms with Crippen molar-refractivity contribution in [3.8, 4) is 16.8 Å². The molecule has 1 aromatic heterocycles. The molecule has 1 nitrogen and oxygen atoms in total. The summed E-state index contributed by atoms with van der Waals surface area (Å²) < 4.78 is 2.40. The van der Waals surface area contributed by atoms with Crippen LogP contribution in [0, 0.1) is 6.92 Å². The normalized spacial score (nSPS) is 15.9. The molecule has 1 radical (unpaired) electrons. The van der Waals surface area contributed by atoms with Gasteiger partial charge in [-0.05, 0) is 47.2 Å². The molecule has 3 heterocycles. The maximum Gasteiger partial charge on any atom is 3.00 e. The molecule has 0 spiro atoms. The number of aromatic nitrogens is 1. The van der Waals surface area contributed by atoms with Crippen molar-refractivity contribution < 1.29 is 51.0 Å². The number of hydrogen-bond acceptors (Lipinski definition) is 0. The van der Waals surface area contributed by atoms with Gasteiger partial charge in [0.15, 0.2) is 0 Å². The van der Waals surface area contributed by atoms with Gasteiger partial charge in [0.05, 0.1) is 8.07 Å². The summed E-state index contributed by atoms with van der Waals surface area (Å²) in [5.74, 6) is 0. The Balaban J connectivity index is 0.000000211. The molecule has 2 bridgehead atoms. The molecule has 1 aliphatic carbocycles. The van der Waals surface area contributed by atoms with Crippen LogP contribution in [-0.4, -0.2) is 12.6 Å². The molecule has 2 aliphatic heterocycles. The molecule has 41 heavy (non-hydrogen) atoms. The fraction of sp³-hybridized carbons (Fsp3) is 0.250. The first kappa shape index (κ1) is 33.5. The Labute approximate surface area is 278 Å². The Morgan fingerprint density at radius 1 is 0.780 bits per heavy atom. The van der Waals surface area contributed by atoms with Gasteiger partial charge in [-0.25, -0.2) is 0 Å². The van der Waals surface area contributed by atoms with Crippen molar-refractivity contribution >= 4 is 24.0 Å². The number of hydrogen-bond donors (Lipinski definition) is 0. The molecule has 1 unspecified atom stereocenters. The van der Waals surface area contributed by atoms with E-state index in [1.54, 1.807) is 16.5 Å². The molecule has 1 atom stereocenters. The van der Waals surface area contributed by atoms with E-state index < -0.39 is 8.07 Å². The fourth-order valence-electron chi connectivity index (χ4n) is 6.92. The summed E-state index contributed by atoms with van der Waals surface area (Å²) in [5, 5.41) is 4.41. The number of para-hydroxylation sites is 1. The Morgan fingerprint density at radius 2 is 1.44 bits per heavy atom. The number of allylic oxidation sites excluding steroid dienone is 1. The van der Waals surface area contributed by atoms with Crippen molar-refractivity contribution in [3.05, 3.63) is 125 Å². The van der Waals surface area contributed by atoms with Gasteiger partial charge < -0.3 is 29.4 Å². The molecule has 5 aromatic rings. The van der Waals surface area contributed by atoms with Gasteiger partial charge in [0.2, 0.25) is 0 Å². The molecule has 0 N–H and O–H groups in total. The van der Waals surface area contributed by atoms with Crippen LogP contribution in [0.3, 0.4) is 0 Å². The van der Waals surface area contributed by atoms with Crippen LogP contribution < -0.4 is 24.8 Å². The predicted molar refractivity (Wildman–Crippen MR) is 167 cm³/mol. The Kier molecular flexibility index (Phi) is 10.0. The van der Waals surface area contributed by atoms with Crippen molar-refractivity contribution in [2.75, 3.05) is 0 Å². The zero-order valence-corrected chi connectivity index (χ0v) is 30.0.